The number of hydrogen-bond acceptors (Lipinski definition) is 3. The number of para-hydroxylation sites is 2. The summed E-state index contributed by atoms with van der Waals surface area (Å²) in [5.74, 6) is -0.460. The molecule has 0 unspecified atom stereocenters. The summed E-state index contributed by atoms with van der Waals surface area (Å²) < 4.78 is 1.64. The zero-order valence-electron chi connectivity index (χ0n) is 12.2. The Morgan fingerprint density at radius 2 is 1.86 bits per heavy atom. The minimum Gasteiger partial charge on any atom is -0.378 e. The average Bonchev–Trinajstić information content (AvgIpc) is 2.91. The van der Waals surface area contributed by atoms with Crippen molar-refractivity contribution in [3.63, 3.8) is 0 Å². The number of aliphatic hydroxyl groups is 1. The van der Waals surface area contributed by atoms with Crippen LogP contribution in [0.25, 0.3) is 10.9 Å². The summed E-state index contributed by atoms with van der Waals surface area (Å²) in [6, 6.07) is 16.7. The smallest absolute Gasteiger partial charge is 0.257 e. The summed E-state index contributed by atoms with van der Waals surface area (Å²) in [6.45, 7) is 1.57. The summed E-state index contributed by atoms with van der Waals surface area (Å²) in [5.41, 5.74) is -0.0293. The van der Waals surface area contributed by atoms with Crippen LogP contribution in [-0.2, 0) is 11.3 Å². The Labute approximate surface area is 128 Å². The van der Waals surface area contributed by atoms with Crippen molar-refractivity contribution in [2.24, 2.45) is 0 Å². The van der Waals surface area contributed by atoms with Gasteiger partial charge in [0.25, 0.3) is 5.91 Å². The molecule has 2 N–H and O–H groups in total. The molecule has 0 aliphatic carbocycles. The Balaban J connectivity index is 1.79. The summed E-state index contributed by atoms with van der Waals surface area (Å²) in [6.07, 6.45) is 1.72. The number of hydrogen-bond donors (Lipinski definition) is 2. The van der Waals surface area contributed by atoms with Crippen LogP contribution < -0.4 is 5.32 Å². The van der Waals surface area contributed by atoms with E-state index in [9.17, 15) is 9.90 Å². The molecule has 2 aromatic carbocycles. The lowest BCUT2D eigenvalue weighted by Crippen LogP contribution is -2.43. The highest BCUT2D eigenvalue weighted by atomic mass is 16.3. The zero-order valence-corrected chi connectivity index (χ0v) is 12.2. The van der Waals surface area contributed by atoms with Crippen LogP contribution in [0.4, 0.5) is 5.69 Å². The third-order valence-corrected chi connectivity index (χ3v) is 3.53. The summed E-state index contributed by atoms with van der Waals surface area (Å²) in [4.78, 5) is 12.3. The highest BCUT2D eigenvalue weighted by molar-refractivity contribution is 5.96. The number of aromatic nitrogens is 2. The van der Waals surface area contributed by atoms with Gasteiger partial charge in [-0.25, -0.2) is 0 Å². The van der Waals surface area contributed by atoms with Gasteiger partial charge in [0.05, 0.1) is 18.3 Å². The highest BCUT2D eigenvalue weighted by Gasteiger charge is 2.31. The average molecular weight is 295 g/mol. The molecule has 0 bridgehead atoms. The van der Waals surface area contributed by atoms with Gasteiger partial charge in [-0.05, 0) is 25.1 Å². The zero-order chi connectivity index (χ0) is 15.6. The van der Waals surface area contributed by atoms with Crippen LogP contribution in [0.15, 0.2) is 60.8 Å². The highest BCUT2D eigenvalue weighted by Crippen LogP contribution is 2.17. The molecule has 1 heterocycles. The second-order valence-corrected chi connectivity index (χ2v) is 5.46. The number of benzene rings is 2. The Bertz CT molecular complexity index is 794. The molecule has 1 atom stereocenters. The van der Waals surface area contributed by atoms with E-state index in [4.69, 9.17) is 0 Å². The number of anilines is 1. The first-order valence-electron chi connectivity index (χ1n) is 7.06. The third-order valence-electron chi connectivity index (χ3n) is 3.53. The fourth-order valence-electron chi connectivity index (χ4n) is 2.30. The minimum atomic E-state index is -1.56. The molecular weight excluding hydrogens is 278 g/mol. The van der Waals surface area contributed by atoms with Crippen LogP contribution in [0.5, 0.6) is 0 Å². The molecule has 0 spiro atoms. The largest absolute Gasteiger partial charge is 0.378 e. The van der Waals surface area contributed by atoms with Gasteiger partial charge in [-0.2, -0.15) is 5.10 Å². The predicted octanol–water partition coefficient (Wildman–Crippen LogP) is 2.43. The molecule has 0 radical (unpaired) electrons. The molecular formula is C17H17N3O2. The Kier molecular flexibility index (Phi) is 3.65. The van der Waals surface area contributed by atoms with Gasteiger partial charge in [-0.3, -0.25) is 9.48 Å². The summed E-state index contributed by atoms with van der Waals surface area (Å²) >= 11 is 0. The number of nitrogens with zero attached hydrogens (tertiary/aromatic N) is 2. The molecule has 3 aromatic rings. The molecule has 5 nitrogen and oxygen atoms in total. The first-order valence-corrected chi connectivity index (χ1v) is 7.06. The van der Waals surface area contributed by atoms with Crippen LogP contribution >= 0.6 is 0 Å². The van der Waals surface area contributed by atoms with E-state index in [1.54, 1.807) is 23.0 Å². The number of carbonyl (C=O) groups excluding carboxylic acids is 1. The standard InChI is InChI=1S/C17H17N3O2/c1-17(22,16(21)19-14-8-3-2-4-9-14)12-20-15-10-6-5-7-13(15)11-18-20/h2-11,22H,12H2,1H3,(H,19,21)/t17-/m0/s1. The predicted molar refractivity (Wildman–Crippen MR) is 85.4 cm³/mol. The van der Waals surface area contributed by atoms with Crippen molar-refractivity contribution >= 4 is 22.5 Å². The van der Waals surface area contributed by atoms with E-state index in [-0.39, 0.29) is 6.54 Å². The minimum absolute atomic E-state index is 0.0825. The lowest BCUT2D eigenvalue weighted by Gasteiger charge is -2.22. The van der Waals surface area contributed by atoms with Crippen molar-refractivity contribution in [2.75, 3.05) is 5.32 Å². The quantitative estimate of drug-likeness (QED) is 0.777. The van der Waals surface area contributed by atoms with Crippen molar-refractivity contribution in [1.29, 1.82) is 0 Å². The van der Waals surface area contributed by atoms with E-state index in [1.807, 2.05) is 42.5 Å². The van der Waals surface area contributed by atoms with Crippen molar-refractivity contribution in [2.45, 2.75) is 19.1 Å². The van der Waals surface area contributed by atoms with E-state index >= 15 is 0 Å². The molecule has 0 fully saturated rings. The van der Waals surface area contributed by atoms with Gasteiger partial charge >= 0.3 is 0 Å². The molecule has 5 heteroatoms. The lowest BCUT2D eigenvalue weighted by atomic mass is 10.1. The van der Waals surface area contributed by atoms with Gasteiger partial charge in [-0.15, -0.1) is 0 Å². The van der Waals surface area contributed by atoms with E-state index < -0.39 is 11.5 Å². The number of amides is 1. The summed E-state index contributed by atoms with van der Waals surface area (Å²) in [5, 5.41) is 18.4. The maximum atomic E-state index is 12.3. The van der Waals surface area contributed by atoms with Crippen molar-refractivity contribution in [3.8, 4) is 0 Å². The van der Waals surface area contributed by atoms with Gasteiger partial charge < -0.3 is 10.4 Å². The SMILES string of the molecule is C[C@](O)(Cn1ncc2ccccc21)C(=O)Nc1ccccc1. The molecule has 0 saturated heterocycles. The monoisotopic (exact) mass is 295 g/mol. The van der Waals surface area contributed by atoms with Gasteiger partial charge in [0.2, 0.25) is 0 Å². The normalized spacial score (nSPS) is 13.7. The van der Waals surface area contributed by atoms with Crippen LogP contribution in [0, 0.1) is 0 Å². The number of fused-ring (bicyclic) bond motifs is 1. The first kappa shape index (κ1) is 14.3. The van der Waals surface area contributed by atoms with Gasteiger partial charge in [0.1, 0.15) is 0 Å². The number of rotatable bonds is 4. The molecule has 0 aliphatic rings. The fourth-order valence-corrected chi connectivity index (χ4v) is 2.30. The van der Waals surface area contributed by atoms with Gasteiger partial charge in [0.15, 0.2) is 5.60 Å². The third kappa shape index (κ3) is 2.84. The van der Waals surface area contributed by atoms with E-state index in [0.29, 0.717) is 5.69 Å². The number of carbonyl (C=O) groups is 1. The summed E-state index contributed by atoms with van der Waals surface area (Å²) in [7, 11) is 0. The van der Waals surface area contributed by atoms with Crippen molar-refractivity contribution < 1.29 is 9.90 Å². The number of nitrogens with one attached hydrogen (secondary N) is 1. The van der Waals surface area contributed by atoms with Crippen molar-refractivity contribution in [3.05, 3.63) is 60.8 Å². The maximum Gasteiger partial charge on any atom is 0.257 e. The lowest BCUT2D eigenvalue weighted by molar-refractivity contribution is -0.133. The topological polar surface area (TPSA) is 67.1 Å². The molecule has 1 amide bonds. The van der Waals surface area contributed by atoms with Crippen LogP contribution in [0.3, 0.4) is 0 Å². The molecule has 3 rings (SSSR count). The molecule has 0 aliphatic heterocycles. The van der Waals surface area contributed by atoms with Crippen LogP contribution in [-0.4, -0.2) is 26.4 Å². The Morgan fingerprint density at radius 3 is 2.64 bits per heavy atom. The Hall–Kier alpha value is -2.66. The van der Waals surface area contributed by atoms with E-state index in [1.165, 1.54) is 6.92 Å². The molecule has 22 heavy (non-hydrogen) atoms. The van der Waals surface area contributed by atoms with Gasteiger partial charge in [0, 0.05) is 11.1 Å². The second kappa shape index (κ2) is 5.61. The molecule has 112 valence electrons. The van der Waals surface area contributed by atoms with E-state index in [0.717, 1.165) is 10.9 Å². The maximum absolute atomic E-state index is 12.3. The second-order valence-electron chi connectivity index (χ2n) is 5.46. The molecule has 0 saturated carbocycles. The fraction of sp³-hybridized carbons (Fsp3) is 0.176. The Morgan fingerprint density at radius 1 is 1.18 bits per heavy atom. The van der Waals surface area contributed by atoms with Crippen LogP contribution in [0.2, 0.25) is 0 Å². The van der Waals surface area contributed by atoms with Gasteiger partial charge in [-0.1, -0.05) is 36.4 Å². The van der Waals surface area contributed by atoms with E-state index in [2.05, 4.69) is 10.4 Å². The first-order chi connectivity index (χ1) is 10.6. The molecule has 1 aromatic heterocycles. The van der Waals surface area contributed by atoms with Crippen molar-refractivity contribution in [1.82, 2.24) is 9.78 Å². The van der Waals surface area contributed by atoms with Crippen LogP contribution in [0.1, 0.15) is 6.92 Å².